The monoisotopic (exact) mass is 720 g/mol. The largest absolute Gasteiger partial charge is 0.481 e. The number of carbonyl (C=O) groups excluding carboxylic acids is 3. The predicted molar refractivity (Wildman–Crippen MR) is 196 cm³/mol. The van der Waals surface area contributed by atoms with Crippen molar-refractivity contribution in [2.24, 2.45) is 17.3 Å². The third-order valence-corrected chi connectivity index (χ3v) is 9.87. The first-order valence-corrected chi connectivity index (χ1v) is 17.8. The zero-order valence-corrected chi connectivity index (χ0v) is 30.9. The van der Waals surface area contributed by atoms with E-state index in [1.54, 1.807) is 58.3 Å². The van der Waals surface area contributed by atoms with E-state index in [4.69, 9.17) is 9.47 Å². The number of ether oxygens (including phenoxy) is 2. The number of alkyl carbamates (subject to hydrolysis) is 1. The summed E-state index contributed by atoms with van der Waals surface area (Å²) in [6.45, 7) is 7.35. The molecule has 0 spiro atoms. The average Bonchev–Trinajstić information content (AvgIpc) is 3.12. The number of rotatable bonds is 14. The van der Waals surface area contributed by atoms with E-state index in [2.05, 4.69) is 20.9 Å². The molecule has 5 N–H and O–H groups in total. The van der Waals surface area contributed by atoms with Crippen LogP contribution >= 0.6 is 0 Å². The molecule has 1 aliphatic carbocycles. The van der Waals surface area contributed by atoms with Crippen LogP contribution in [0, 0.1) is 23.1 Å². The van der Waals surface area contributed by atoms with Crippen molar-refractivity contribution >= 4 is 17.9 Å². The molecule has 1 heterocycles. The second kappa shape index (κ2) is 18.3. The van der Waals surface area contributed by atoms with Crippen molar-refractivity contribution in [1.29, 1.82) is 0 Å². The Balaban J connectivity index is 1.64. The van der Waals surface area contributed by atoms with Gasteiger partial charge in [-0.05, 0) is 72.3 Å². The van der Waals surface area contributed by atoms with Crippen LogP contribution in [0.1, 0.15) is 64.5 Å². The predicted octanol–water partition coefficient (Wildman–Crippen LogP) is 4.97. The number of halogens is 1. The first kappa shape index (κ1) is 40.2. The van der Waals surface area contributed by atoms with E-state index in [1.807, 2.05) is 37.3 Å². The van der Waals surface area contributed by atoms with E-state index in [0.29, 0.717) is 17.9 Å². The standard InChI is InChI=1S/C40H53FN4O7/c1-24-10-9-13-32(46)35(24)44-37(48)29(21-27-11-7-8-12-30(27)41)22-33(47)31(43-38(49)36(40(2,3)4)45-39(50)52-6)20-25-14-16-26(17-15-25)28-18-19-34(51-5)42-23-28/h7-8,11-12,14-19,23-24,29,31-33,35-36,46-47H,9-10,13,20-22H2,1-6H3,(H,43,49)(H,44,48)(H,45,50)/t24-,29-,31+,32-,33?,35+,36-/m1/s1. The maximum atomic E-state index is 14.9. The number of carbonyl (C=O) groups is 3. The fourth-order valence-electron chi connectivity index (χ4n) is 6.74. The van der Waals surface area contributed by atoms with Gasteiger partial charge in [-0.15, -0.1) is 0 Å². The Morgan fingerprint density at radius 3 is 2.23 bits per heavy atom. The summed E-state index contributed by atoms with van der Waals surface area (Å²) >= 11 is 0. The maximum absolute atomic E-state index is 14.9. The first-order chi connectivity index (χ1) is 24.7. The Kier molecular flexibility index (Phi) is 14.1. The van der Waals surface area contributed by atoms with E-state index in [0.717, 1.165) is 29.5 Å². The van der Waals surface area contributed by atoms with Crippen LogP contribution in [-0.4, -0.2) is 77.7 Å². The summed E-state index contributed by atoms with van der Waals surface area (Å²) in [5.41, 5.74) is 2.14. The lowest BCUT2D eigenvalue weighted by atomic mass is 9.82. The van der Waals surface area contributed by atoms with Crippen molar-refractivity contribution in [1.82, 2.24) is 20.9 Å². The van der Waals surface area contributed by atoms with Crippen LogP contribution in [0.25, 0.3) is 11.1 Å². The summed E-state index contributed by atoms with van der Waals surface area (Å²) in [5.74, 6) is -1.80. The van der Waals surface area contributed by atoms with Gasteiger partial charge in [-0.1, -0.05) is 76.6 Å². The average molecular weight is 721 g/mol. The fourth-order valence-corrected chi connectivity index (χ4v) is 6.74. The number of aromatic nitrogens is 1. The highest BCUT2D eigenvalue weighted by atomic mass is 19.1. The van der Waals surface area contributed by atoms with Gasteiger partial charge < -0.3 is 35.6 Å². The highest BCUT2D eigenvalue weighted by Crippen LogP contribution is 2.28. The van der Waals surface area contributed by atoms with Crippen molar-refractivity contribution in [2.75, 3.05) is 14.2 Å². The van der Waals surface area contributed by atoms with Crippen LogP contribution in [0.5, 0.6) is 5.88 Å². The Morgan fingerprint density at radius 2 is 1.63 bits per heavy atom. The fraction of sp³-hybridized carbons (Fsp3) is 0.500. The topological polar surface area (TPSA) is 159 Å². The van der Waals surface area contributed by atoms with E-state index in [-0.39, 0.29) is 25.2 Å². The molecule has 0 bridgehead atoms. The minimum Gasteiger partial charge on any atom is -0.481 e. The SMILES string of the molecule is COC(=O)N[C@H](C(=O)N[C@@H](Cc1ccc(-c2ccc(OC)nc2)cc1)C(O)C[C@@H](Cc1ccccc1F)C(=O)N[C@H]1[C@H](C)CCC[C@H]1O)C(C)(C)C. The second-order valence-corrected chi connectivity index (χ2v) is 14.8. The molecule has 0 aliphatic heterocycles. The molecule has 3 amide bonds. The van der Waals surface area contributed by atoms with E-state index < -0.39 is 65.4 Å². The van der Waals surface area contributed by atoms with Crippen molar-refractivity contribution in [2.45, 2.75) is 96.6 Å². The van der Waals surface area contributed by atoms with Gasteiger partial charge in [0.1, 0.15) is 11.9 Å². The van der Waals surface area contributed by atoms with Gasteiger partial charge in [-0.3, -0.25) is 9.59 Å². The first-order valence-electron chi connectivity index (χ1n) is 17.8. The molecule has 12 heteroatoms. The molecule has 2 aromatic carbocycles. The number of hydrogen-bond acceptors (Lipinski definition) is 8. The van der Waals surface area contributed by atoms with Gasteiger partial charge in [-0.25, -0.2) is 14.2 Å². The summed E-state index contributed by atoms with van der Waals surface area (Å²) in [6, 6.07) is 15.0. The molecule has 1 aliphatic rings. The third-order valence-electron chi connectivity index (χ3n) is 9.87. The zero-order chi connectivity index (χ0) is 38.0. The number of nitrogens with one attached hydrogen (secondary N) is 3. The van der Waals surface area contributed by atoms with Crippen LogP contribution in [0.15, 0.2) is 66.9 Å². The van der Waals surface area contributed by atoms with Crippen molar-refractivity contribution < 1.29 is 38.5 Å². The molecule has 4 rings (SSSR count). The third kappa shape index (κ3) is 11.0. The lowest BCUT2D eigenvalue weighted by Gasteiger charge is -2.36. The Hall–Kier alpha value is -4.55. The van der Waals surface area contributed by atoms with Crippen molar-refractivity contribution in [3.8, 4) is 17.0 Å². The second-order valence-electron chi connectivity index (χ2n) is 14.8. The number of pyridine rings is 1. The minimum atomic E-state index is -1.27. The molecule has 282 valence electrons. The van der Waals surface area contributed by atoms with Gasteiger partial charge in [0.25, 0.3) is 0 Å². The molecule has 3 aromatic rings. The van der Waals surface area contributed by atoms with Crippen LogP contribution in [0.3, 0.4) is 0 Å². The van der Waals surface area contributed by atoms with Crippen molar-refractivity contribution in [3.05, 3.63) is 83.8 Å². The van der Waals surface area contributed by atoms with Gasteiger partial charge in [0, 0.05) is 23.7 Å². The molecule has 11 nitrogen and oxygen atoms in total. The number of hydrogen-bond donors (Lipinski definition) is 5. The van der Waals surface area contributed by atoms with Gasteiger partial charge in [0.2, 0.25) is 17.7 Å². The number of amides is 3. The van der Waals surface area contributed by atoms with Crippen LogP contribution < -0.4 is 20.7 Å². The lowest BCUT2D eigenvalue weighted by molar-refractivity contribution is -0.129. The Labute approximate surface area is 305 Å². The molecule has 0 radical (unpaired) electrons. The molecule has 1 unspecified atom stereocenters. The molecule has 7 atom stereocenters. The van der Waals surface area contributed by atoms with Gasteiger partial charge in [-0.2, -0.15) is 0 Å². The lowest BCUT2D eigenvalue weighted by Crippen LogP contribution is -2.58. The van der Waals surface area contributed by atoms with Gasteiger partial charge in [0.05, 0.1) is 38.5 Å². The summed E-state index contributed by atoms with van der Waals surface area (Å²) in [7, 11) is 2.75. The Morgan fingerprint density at radius 1 is 0.942 bits per heavy atom. The highest BCUT2D eigenvalue weighted by Gasteiger charge is 2.37. The quantitative estimate of drug-likeness (QED) is 0.156. The Bertz CT molecular complexity index is 1620. The molecular formula is C40H53FN4O7. The molecule has 1 saturated carbocycles. The molecule has 1 aromatic heterocycles. The van der Waals surface area contributed by atoms with Crippen molar-refractivity contribution in [3.63, 3.8) is 0 Å². The smallest absolute Gasteiger partial charge is 0.407 e. The van der Waals surface area contributed by atoms with E-state index in [9.17, 15) is 29.0 Å². The number of nitrogens with zero attached hydrogens (tertiary/aromatic N) is 1. The van der Waals surface area contributed by atoms with E-state index in [1.165, 1.54) is 13.2 Å². The summed E-state index contributed by atoms with van der Waals surface area (Å²) in [6.07, 6.45) is 1.24. The summed E-state index contributed by atoms with van der Waals surface area (Å²) in [5, 5.41) is 31.2. The number of benzene rings is 2. The summed E-state index contributed by atoms with van der Waals surface area (Å²) in [4.78, 5) is 44.3. The number of aliphatic hydroxyl groups is 2. The van der Waals surface area contributed by atoms with Crippen LogP contribution in [0.2, 0.25) is 0 Å². The maximum Gasteiger partial charge on any atom is 0.407 e. The van der Waals surface area contributed by atoms with Crippen LogP contribution in [-0.2, 0) is 27.2 Å². The zero-order valence-electron chi connectivity index (χ0n) is 30.9. The van der Waals surface area contributed by atoms with Gasteiger partial charge >= 0.3 is 6.09 Å². The normalized spacial score (nSPS) is 19.8. The van der Waals surface area contributed by atoms with Gasteiger partial charge in [0.15, 0.2) is 0 Å². The summed E-state index contributed by atoms with van der Waals surface area (Å²) < 4.78 is 24.9. The minimum absolute atomic E-state index is 0.00741. The number of methoxy groups -OCH3 is 2. The number of aliphatic hydroxyl groups excluding tert-OH is 2. The molecule has 0 saturated heterocycles. The van der Waals surface area contributed by atoms with E-state index >= 15 is 0 Å². The molecular weight excluding hydrogens is 667 g/mol. The molecule has 52 heavy (non-hydrogen) atoms. The highest BCUT2D eigenvalue weighted by molar-refractivity contribution is 5.86. The van der Waals surface area contributed by atoms with Crippen LogP contribution in [0.4, 0.5) is 9.18 Å². The molecule has 1 fully saturated rings.